The van der Waals surface area contributed by atoms with E-state index in [-0.39, 0.29) is 12.6 Å². The maximum Gasteiger partial charge on any atom is 0.339 e. The van der Waals surface area contributed by atoms with E-state index in [4.69, 9.17) is 11.2 Å². The number of aromatic nitrogens is 1. The van der Waals surface area contributed by atoms with E-state index in [2.05, 4.69) is 10.9 Å². The van der Waals surface area contributed by atoms with Crippen LogP contribution in [0.1, 0.15) is 16.8 Å². The van der Waals surface area contributed by atoms with Gasteiger partial charge in [-0.2, -0.15) is 0 Å². The maximum atomic E-state index is 11.2. The second-order valence-corrected chi connectivity index (χ2v) is 2.33. The number of rotatable bonds is 3. The third-order valence-corrected chi connectivity index (χ3v) is 1.38. The molecule has 3 nitrogen and oxygen atoms in total. The summed E-state index contributed by atoms with van der Waals surface area (Å²) in [6, 6.07) is 3.32. The number of carbonyl (C=O) groups excluding carboxylic acids is 1. The van der Waals surface area contributed by atoms with E-state index in [1.54, 1.807) is 18.3 Å². The molecule has 0 atom stereocenters. The molecule has 0 aliphatic rings. The molecule has 66 valence electrons. The molecule has 0 aliphatic carbocycles. The highest BCUT2D eigenvalue weighted by Gasteiger charge is 2.04. The van der Waals surface area contributed by atoms with Crippen molar-refractivity contribution in [1.82, 2.24) is 4.98 Å². The number of pyridine rings is 1. The first kappa shape index (κ1) is 9.27. The Hall–Kier alpha value is -1.82. The lowest BCUT2D eigenvalue weighted by Gasteiger charge is -2.00. The van der Waals surface area contributed by atoms with Crippen molar-refractivity contribution < 1.29 is 9.53 Å². The van der Waals surface area contributed by atoms with Crippen LogP contribution in [0.4, 0.5) is 0 Å². The first-order chi connectivity index (χ1) is 6.34. The van der Waals surface area contributed by atoms with Crippen molar-refractivity contribution in [1.29, 1.82) is 0 Å². The summed E-state index contributed by atoms with van der Waals surface area (Å²) < 4.78 is 4.85. The van der Waals surface area contributed by atoms with Gasteiger partial charge in [-0.3, -0.25) is 4.98 Å². The molecule has 0 aliphatic heterocycles. The van der Waals surface area contributed by atoms with E-state index in [0.29, 0.717) is 12.0 Å². The van der Waals surface area contributed by atoms with Crippen LogP contribution < -0.4 is 0 Å². The van der Waals surface area contributed by atoms with E-state index in [0.717, 1.165) is 0 Å². The van der Waals surface area contributed by atoms with Crippen molar-refractivity contribution in [2.75, 3.05) is 6.61 Å². The van der Waals surface area contributed by atoms with Gasteiger partial charge in [0, 0.05) is 18.8 Å². The van der Waals surface area contributed by atoms with Gasteiger partial charge in [-0.25, -0.2) is 4.79 Å². The predicted molar refractivity (Wildman–Crippen MR) is 48.0 cm³/mol. The molecular formula is C10H9NO2. The smallest absolute Gasteiger partial charge is 0.339 e. The average molecular weight is 175 g/mol. The van der Waals surface area contributed by atoms with E-state index in [1.165, 1.54) is 6.20 Å². The minimum Gasteiger partial charge on any atom is -0.461 e. The standard InChI is InChI=1S/C10H9NO2/c1-2-3-7-13-10(12)9-5-4-6-11-8-9/h1,4-6,8H,3,7H2. The van der Waals surface area contributed by atoms with Crippen LogP contribution in [-0.4, -0.2) is 17.6 Å². The Morgan fingerprint density at radius 1 is 1.69 bits per heavy atom. The lowest BCUT2D eigenvalue weighted by atomic mass is 10.3. The van der Waals surface area contributed by atoms with Crippen LogP contribution in [0.25, 0.3) is 0 Å². The summed E-state index contributed by atoms with van der Waals surface area (Å²) in [6.45, 7) is 0.254. The van der Waals surface area contributed by atoms with Gasteiger partial charge in [0.1, 0.15) is 6.61 Å². The largest absolute Gasteiger partial charge is 0.461 e. The zero-order valence-electron chi connectivity index (χ0n) is 7.06. The maximum absolute atomic E-state index is 11.2. The molecule has 0 unspecified atom stereocenters. The SMILES string of the molecule is C#CCCOC(=O)c1cccnc1. The summed E-state index contributed by atoms with van der Waals surface area (Å²) in [5.74, 6) is 2.00. The molecule has 0 radical (unpaired) electrons. The minimum atomic E-state index is -0.386. The lowest BCUT2D eigenvalue weighted by molar-refractivity contribution is 0.0513. The van der Waals surface area contributed by atoms with E-state index in [9.17, 15) is 4.79 Å². The van der Waals surface area contributed by atoms with E-state index in [1.807, 2.05) is 0 Å². The summed E-state index contributed by atoms with van der Waals surface area (Å²) >= 11 is 0. The van der Waals surface area contributed by atoms with Crippen LogP contribution in [0.2, 0.25) is 0 Å². The molecule has 1 aromatic rings. The van der Waals surface area contributed by atoms with Gasteiger partial charge in [0.05, 0.1) is 5.56 Å². The molecular weight excluding hydrogens is 166 g/mol. The highest BCUT2D eigenvalue weighted by atomic mass is 16.5. The van der Waals surface area contributed by atoms with Crippen molar-refractivity contribution in [3.05, 3.63) is 30.1 Å². The van der Waals surface area contributed by atoms with Gasteiger partial charge in [0.25, 0.3) is 0 Å². The van der Waals surface area contributed by atoms with Crippen molar-refractivity contribution in [2.24, 2.45) is 0 Å². The zero-order chi connectivity index (χ0) is 9.52. The number of ether oxygens (including phenoxy) is 1. The molecule has 1 rings (SSSR count). The Morgan fingerprint density at radius 3 is 3.15 bits per heavy atom. The van der Waals surface area contributed by atoms with Gasteiger partial charge in [-0.1, -0.05) is 0 Å². The molecule has 0 fully saturated rings. The molecule has 0 saturated heterocycles. The Balaban J connectivity index is 2.46. The van der Waals surface area contributed by atoms with E-state index < -0.39 is 0 Å². The average Bonchev–Trinajstić information content (AvgIpc) is 2.19. The highest BCUT2D eigenvalue weighted by Crippen LogP contribution is 1.98. The topological polar surface area (TPSA) is 39.2 Å². The van der Waals surface area contributed by atoms with Crippen molar-refractivity contribution >= 4 is 5.97 Å². The van der Waals surface area contributed by atoms with Crippen molar-refractivity contribution in [3.63, 3.8) is 0 Å². The Morgan fingerprint density at radius 2 is 2.54 bits per heavy atom. The van der Waals surface area contributed by atoms with Gasteiger partial charge in [0.2, 0.25) is 0 Å². The number of hydrogen-bond acceptors (Lipinski definition) is 3. The monoisotopic (exact) mass is 175 g/mol. The quantitative estimate of drug-likeness (QED) is 0.394. The second kappa shape index (κ2) is 4.94. The molecule has 13 heavy (non-hydrogen) atoms. The lowest BCUT2D eigenvalue weighted by Crippen LogP contribution is -2.05. The summed E-state index contributed by atoms with van der Waals surface area (Å²) in [7, 11) is 0. The summed E-state index contributed by atoms with van der Waals surface area (Å²) in [4.78, 5) is 15.0. The van der Waals surface area contributed by atoms with Crippen LogP contribution in [0.15, 0.2) is 24.5 Å². The van der Waals surface area contributed by atoms with Gasteiger partial charge < -0.3 is 4.74 Å². The molecule has 0 spiro atoms. The first-order valence-electron chi connectivity index (χ1n) is 3.85. The van der Waals surface area contributed by atoms with E-state index >= 15 is 0 Å². The Kier molecular flexibility index (Phi) is 3.52. The fourth-order valence-corrected chi connectivity index (χ4v) is 0.769. The molecule has 0 saturated carbocycles. The minimum absolute atomic E-state index is 0.254. The number of esters is 1. The van der Waals surface area contributed by atoms with Gasteiger partial charge in [0.15, 0.2) is 0 Å². The van der Waals surface area contributed by atoms with Crippen LogP contribution in [0, 0.1) is 12.3 Å². The summed E-state index contributed by atoms with van der Waals surface area (Å²) in [6.07, 6.45) is 8.49. The van der Waals surface area contributed by atoms with Crippen LogP contribution in [0.3, 0.4) is 0 Å². The van der Waals surface area contributed by atoms with Crippen LogP contribution in [-0.2, 0) is 4.74 Å². The fraction of sp³-hybridized carbons (Fsp3) is 0.200. The van der Waals surface area contributed by atoms with Crippen molar-refractivity contribution in [3.8, 4) is 12.3 Å². The normalized spacial score (nSPS) is 8.85. The molecule has 1 aromatic heterocycles. The highest BCUT2D eigenvalue weighted by molar-refractivity contribution is 5.88. The third-order valence-electron chi connectivity index (χ3n) is 1.38. The Bertz CT molecular complexity index is 313. The number of nitrogens with zero attached hydrogens (tertiary/aromatic N) is 1. The molecule has 0 N–H and O–H groups in total. The second-order valence-electron chi connectivity index (χ2n) is 2.33. The zero-order valence-corrected chi connectivity index (χ0v) is 7.06. The van der Waals surface area contributed by atoms with Crippen molar-refractivity contribution in [2.45, 2.75) is 6.42 Å². The molecule has 0 amide bonds. The fourth-order valence-electron chi connectivity index (χ4n) is 0.769. The van der Waals surface area contributed by atoms with Crippen LogP contribution in [0.5, 0.6) is 0 Å². The summed E-state index contributed by atoms with van der Waals surface area (Å²) in [5.41, 5.74) is 0.444. The van der Waals surface area contributed by atoms with Crippen LogP contribution >= 0.6 is 0 Å². The Labute approximate surface area is 76.8 Å². The molecule has 1 heterocycles. The molecule has 3 heteroatoms. The molecule has 0 bridgehead atoms. The van der Waals surface area contributed by atoms with Gasteiger partial charge >= 0.3 is 5.97 Å². The number of carbonyl (C=O) groups is 1. The summed E-state index contributed by atoms with van der Waals surface area (Å²) in [5, 5.41) is 0. The predicted octanol–water partition coefficient (Wildman–Crippen LogP) is 1.26. The van der Waals surface area contributed by atoms with Gasteiger partial charge in [-0.05, 0) is 12.1 Å². The number of hydrogen-bond donors (Lipinski definition) is 0. The van der Waals surface area contributed by atoms with Gasteiger partial charge in [-0.15, -0.1) is 12.3 Å². The third kappa shape index (κ3) is 2.96. The number of terminal acetylenes is 1. The first-order valence-corrected chi connectivity index (χ1v) is 3.85. The molecule has 0 aromatic carbocycles.